The fraction of sp³-hybridized carbons (Fsp3) is 0.645. The lowest BCUT2D eigenvalue weighted by atomic mass is 9.53. The molecule has 7 atom stereocenters. The molecule has 1 fully saturated rings. The first kappa shape index (κ1) is 31.1. The minimum absolute atomic E-state index is 0.0952. The standard InChI is InChI=1S/C31H40F3NO6/c1-18(36)40-17-21-14-22(41-19(2)37)12-13-29(21,3)25-10-11-26-23(24(25)16-35-28(39)31(32,33)34)15-27(38)30(26,4)20-8-6-5-7-9-20/h5-9,21-22,24-25,27,38H,10-17H2,1-4H3,(H,35,39)/t21-,22+,24+,25+,27-,29+,30+/m1/s1. The second-order valence-corrected chi connectivity index (χ2v) is 12.3. The van der Waals surface area contributed by atoms with Crippen molar-refractivity contribution in [2.24, 2.45) is 23.2 Å². The topological polar surface area (TPSA) is 102 Å². The first-order valence-electron chi connectivity index (χ1n) is 14.3. The zero-order valence-electron chi connectivity index (χ0n) is 24.1. The normalized spacial score (nSPS) is 33.6. The van der Waals surface area contributed by atoms with Crippen LogP contribution in [0.25, 0.3) is 0 Å². The number of carbonyl (C=O) groups excluding carboxylic acids is 3. The highest BCUT2D eigenvalue weighted by Crippen LogP contribution is 2.60. The lowest BCUT2D eigenvalue weighted by molar-refractivity contribution is -0.174. The minimum atomic E-state index is -5.01. The lowest BCUT2D eigenvalue weighted by Gasteiger charge is -2.53. The Balaban J connectivity index is 1.74. The van der Waals surface area contributed by atoms with Gasteiger partial charge in [-0.3, -0.25) is 14.4 Å². The van der Waals surface area contributed by atoms with Crippen LogP contribution in [0.3, 0.4) is 0 Å². The van der Waals surface area contributed by atoms with Crippen molar-refractivity contribution in [3.63, 3.8) is 0 Å². The molecule has 4 rings (SSSR count). The molecule has 0 unspecified atom stereocenters. The van der Waals surface area contributed by atoms with E-state index in [-0.39, 0.29) is 31.1 Å². The molecule has 0 aliphatic heterocycles. The van der Waals surface area contributed by atoms with E-state index in [1.807, 2.05) is 37.3 Å². The van der Waals surface area contributed by atoms with Gasteiger partial charge in [-0.25, -0.2) is 0 Å². The Morgan fingerprint density at radius 3 is 2.37 bits per heavy atom. The first-order chi connectivity index (χ1) is 19.2. The molecular formula is C31H40F3NO6. The third-order valence-corrected chi connectivity index (χ3v) is 10.00. The quantitative estimate of drug-likeness (QED) is 0.348. The number of hydrogen-bond donors (Lipinski definition) is 2. The number of rotatable bonds is 7. The number of alkyl halides is 3. The van der Waals surface area contributed by atoms with Crippen molar-refractivity contribution in [3.8, 4) is 0 Å². The van der Waals surface area contributed by atoms with Crippen LogP contribution in [0, 0.1) is 23.2 Å². The molecule has 2 N–H and O–H groups in total. The van der Waals surface area contributed by atoms with E-state index in [1.165, 1.54) is 13.8 Å². The SMILES string of the molecule is CC(=O)OC[C@H]1C[C@@H](OC(C)=O)CC[C@]1(C)[C@H]1CCC2=C(C[C@@H](O)[C@@]2(C)c2ccccc2)[C@@H]1CNC(=O)C(F)(F)F. The summed E-state index contributed by atoms with van der Waals surface area (Å²) in [5, 5.41) is 13.6. The van der Waals surface area contributed by atoms with E-state index in [0.717, 1.165) is 16.7 Å². The highest BCUT2D eigenvalue weighted by atomic mass is 19.4. The molecule has 1 aromatic carbocycles. The summed E-state index contributed by atoms with van der Waals surface area (Å²) in [4.78, 5) is 35.4. The van der Waals surface area contributed by atoms with Crippen LogP contribution in [0.15, 0.2) is 41.5 Å². The molecule has 3 aliphatic carbocycles. The number of halogens is 3. The molecule has 7 nitrogen and oxygen atoms in total. The monoisotopic (exact) mass is 579 g/mol. The van der Waals surface area contributed by atoms with Crippen molar-refractivity contribution in [1.82, 2.24) is 5.32 Å². The third-order valence-electron chi connectivity index (χ3n) is 10.00. The van der Waals surface area contributed by atoms with Gasteiger partial charge < -0.3 is 19.9 Å². The molecule has 1 saturated carbocycles. The van der Waals surface area contributed by atoms with Crippen molar-refractivity contribution in [3.05, 3.63) is 47.0 Å². The van der Waals surface area contributed by atoms with Crippen LogP contribution < -0.4 is 5.32 Å². The number of hydrogen-bond acceptors (Lipinski definition) is 6. The van der Waals surface area contributed by atoms with Gasteiger partial charge in [-0.15, -0.1) is 0 Å². The average Bonchev–Trinajstić information content (AvgIpc) is 3.17. The van der Waals surface area contributed by atoms with Crippen LogP contribution in [0.4, 0.5) is 13.2 Å². The van der Waals surface area contributed by atoms with Gasteiger partial charge in [0.15, 0.2) is 0 Å². The number of aliphatic hydroxyl groups is 1. The van der Waals surface area contributed by atoms with Crippen LogP contribution in [0.1, 0.15) is 71.8 Å². The van der Waals surface area contributed by atoms with E-state index in [2.05, 4.69) is 12.2 Å². The summed E-state index contributed by atoms with van der Waals surface area (Å²) in [6.45, 7) is 6.60. The molecule has 0 aromatic heterocycles. The smallest absolute Gasteiger partial charge is 0.466 e. The molecule has 0 bridgehead atoms. The van der Waals surface area contributed by atoms with Crippen molar-refractivity contribution in [2.45, 2.75) is 90.0 Å². The Bertz CT molecular complexity index is 1180. The largest absolute Gasteiger partial charge is 0.471 e. The Kier molecular flexibility index (Phi) is 8.92. The van der Waals surface area contributed by atoms with Crippen molar-refractivity contribution < 1.29 is 42.1 Å². The Morgan fingerprint density at radius 1 is 1.07 bits per heavy atom. The fourth-order valence-corrected chi connectivity index (χ4v) is 7.80. The molecule has 1 amide bonds. The summed E-state index contributed by atoms with van der Waals surface area (Å²) in [5.74, 6) is -3.68. The summed E-state index contributed by atoms with van der Waals surface area (Å²) in [7, 11) is 0. The number of amides is 1. The molecule has 0 spiro atoms. The van der Waals surface area contributed by atoms with Gasteiger partial charge in [0.2, 0.25) is 0 Å². The van der Waals surface area contributed by atoms with E-state index < -0.39 is 46.9 Å². The predicted octanol–water partition coefficient (Wildman–Crippen LogP) is 5.01. The van der Waals surface area contributed by atoms with Crippen molar-refractivity contribution in [1.29, 1.82) is 0 Å². The molecule has 41 heavy (non-hydrogen) atoms. The molecule has 3 aliphatic rings. The highest BCUT2D eigenvalue weighted by molar-refractivity contribution is 5.81. The zero-order chi connectivity index (χ0) is 30.2. The fourth-order valence-electron chi connectivity index (χ4n) is 7.80. The van der Waals surface area contributed by atoms with Crippen LogP contribution >= 0.6 is 0 Å². The maximum Gasteiger partial charge on any atom is 0.471 e. The Hall–Kier alpha value is -2.88. The summed E-state index contributed by atoms with van der Waals surface area (Å²) in [6, 6.07) is 9.62. The van der Waals surface area contributed by atoms with E-state index in [4.69, 9.17) is 9.47 Å². The van der Waals surface area contributed by atoms with Crippen LogP contribution in [-0.4, -0.2) is 54.5 Å². The number of esters is 2. The predicted molar refractivity (Wildman–Crippen MR) is 144 cm³/mol. The number of ether oxygens (including phenoxy) is 2. The van der Waals surface area contributed by atoms with Gasteiger partial charge in [0.1, 0.15) is 6.10 Å². The second kappa shape index (κ2) is 11.8. The van der Waals surface area contributed by atoms with Crippen LogP contribution in [-0.2, 0) is 29.3 Å². The highest BCUT2D eigenvalue weighted by Gasteiger charge is 2.55. The molecule has 0 radical (unpaired) electrons. The van der Waals surface area contributed by atoms with Crippen molar-refractivity contribution >= 4 is 17.8 Å². The summed E-state index contributed by atoms with van der Waals surface area (Å²) in [5.41, 5.74) is 1.67. The number of nitrogens with one attached hydrogen (secondary N) is 1. The lowest BCUT2D eigenvalue weighted by Crippen LogP contribution is -2.51. The molecule has 1 aromatic rings. The maximum atomic E-state index is 13.2. The molecule has 0 saturated heterocycles. The van der Waals surface area contributed by atoms with Crippen molar-refractivity contribution in [2.75, 3.05) is 13.2 Å². The van der Waals surface area contributed by atoms with Gasteiger partial charge in [0, 0.05) is 37.6 Å². The maximum absolute atomic E-state index is 13.2. The summed E-state index contributed by atoms with van der Waals surface area (Å²) < 4.78 is 50.7. The zero-order valence-corrected chi connectivity index (χ0v) is 24.1. The number of benzene rings is 1. The van der Waals surface area contributed by atoms with E-state index in [1.54, 1.807) is 0 Å². The van der Waals surface area contributed by atoms with Gasteiger partial charge >= 0.3 is 24.0 Å². The van der Waals surface area contributed by atoms with Gasteiger partial charge in [-0.2, -0.15) is 13.2 Å². The molecule has 226 valence electrons. The van der Waals surface area contributed by atoms with Gasteiger partial charge in [0.05, 0.1) is 12.7 Å². The summed E-state index contributed by atoms with van der Waals surface area (Å²) in [6.07, 6.45) is -2.92. The van der Waals surface area contributed by atoms with Crippen LogP contribution in [0.2, 0.25) is 0 Å². The Morgan fingerprint density at radius 2 is 1.76 bits per heavy atom. The van der Waals surface area contributed by atoms with Gasteiger partial charge in [0.25, 0.3) is 0 Å². The summed E-state index contributed by atoms with van der Waals surface area (Å²) >= 11 is 0. The molecular weight excluding hydrogens is 539 g/mol. The van der Waals surface area contributed by atoms with Gasteiger partial charge in [-0.1, -0.05) is 48.4 Å². The Labute approximate surface area is 238 Å². The molecule has 0 heterocycles. The molecule has 10 heteroatoms. The van der Waals surface area contributed by atoms with E-state index in [0.29, 0.717) is 38.5 Å². The minimum Gasteiger partial charge on any atom is -0.466 e. The number of carbonyl (C=O) groups is 3. The van der Waals surface area contributed by atoms with E-state index >= 15 is 0 Å². The third kappa shape index (κ3) is 6.17. The second-order valence-electron chi connectivity index (χ2n) is 12.3. The number of aliphatic hydroxyl groups excluding tert-OH is 1. The van der Waals surface area contributed by atoms with E-state index in [9.17, 15) is 32.7 Å². The first-order valence-corrected chi connectivity index (χ1v) is 14.3. The average molecular weight is 580 g/mol. The van der Waals surface area contributed by atoms with Gasteiger partial charge in [-0.05, 0) is 62.3 Å². The van der Waals surface area contributed by atoms with Crippen LogP contribution in [0.5, 0.6) is 0 Å².